The van der Waals surface area contributed by atoms with Crippen LogP contribution in [-0.2, 0) is 10.2 Å². The van der Waals surface area contributed by atoms with Crippen LogP contribution in [0.25, 0.3) is 0 Å². The fourth-order valence-corrected chi connectivity index (χ4v) is 2.32. The van der Waals surface area contributed by atoms with E-state index in [1.807, 2.05) is 0 Å². The fraction of sp³-hybridized carbons (Fsp3) is 0.462. The van der Waals surface area contributed by atoms with Crippen LogP contribution in [-0.4, -0.2) is 25.3 Å². The van der Waals surface area contributed by atoms with E-state index in [4.69, 9.17) is 9.47 Å². The number of benzene rings is 1. The first-order valence-electron chi connectivity index (χ1n) is 5.70. The lowest BCUT2D eigenvalue weighted by atomic mass is 9.64. The van der Waals surface area contributed by atoms with Crippen LogP contribution in [0, 0.1) is 5.82 Å². The lowest BCUT2D eigenvalue weighted by Crippen LogP contribution is -2.43. The number of hydrogen-bond donors (Lipinski definition) is 1. The van der Waals surface area contributed by atoms with E-state index in [2.05, 4.69) is 0 Å². The maximum Gasteiger partial charge on any atom is 0.314 e. The van der Waals surface area contributed by atoms with Crippen LogP contribution in [0.2, 0.25) is 0 Å². The maximum atomic E-state index is 14.2. The van der Waals surface area contributed by atoms with Crippen molar-refractivity contribution in [1.82, 2.24) is 0 Å². The van der Waals surface area contributed by atoms with Crippen molar-refractivity contribution in [2.24, 2.45) is 0 Å². The van der Waals surface area contributed by atoms with Gasteiger partial charge in [0.1, 0.15) is 5.75 Å². The van der Waals surface area contributed by atoms with Gasteiger partial charge < -0.3 is 14.6 Å². The third kappa shape index (κ3) is 1.70. The minimum atomic E-state index is -1.13. The van der Waals surface area contributed by atoms with Crippen molar-refractivity contribution in [2.45, 2.75) is 24.7 Å². The summed E-state index contributed by atoms with van der Waals surface area (Å²) in [5.41, 5.74) is -0.983. The first-order valence-corrected chi connectivity index (χ1v) is 5.70. The Balaban J connectivity index is 2.58. The number of rotatable bonds is 4. The Hall–Kier alpha value is -1.78. The number of carbonyl (C=O) groups is 1. The topological polar surface area (TPSA) is 55.8 Å². The van der Waals surface area contributed by atoms with Crippen molar-refractivity contribution >= 4 is 5.97 Å². The molecule has 98 valence electrons. The standard InChI is InChI=1S/C13H15FO4/c1-17-8-6-9(11(14)10(7-8)18-2)13(12(15)16)4-3-5-13/h6-7H,3-5H2,1-2H3,(H,15,16). The summed E-state index contributed by atoms with van der Waals surface area (Å²) in [5, 5.41) is 9.34. The van der Waals surface area contributed by atoms with E-state index in [0.29, 0.717) is 18.6 Å². The fourth-order valence-electron chi connectivity index (χ4n) is 2.32. The summed E-state index contributed by atoms with van der Waals surface area (Å²) < 4.78 is 24.2. The average molecular weight is 254 g/mol. The molecule has 0 aromatic heterocycles. The van der Waals surface area contributed by atoms with Crippen LogP contribution < -0.4 is 9.47 Å². The molecule has 0 unspecified atom stereocenters. The minimum absolute atomic E-state index is 0.0110. The molecule has 1 aromatic carbocycles. The van der Waals surface area contributed by atoms with Crippen LogP contribution in [0.4, 0.5) is 4.39 Å². The van der Waals surface area contributed by atoms with E-state index in [1.54, 1.807) is 0 Å². The first kappa shape index (κ1) is 12.7. The molecule has 0 bridgehead atoms. The van der Waals surface area contributed by atoms with Gasteiger partial charge in [0.05, 0.1) is 19.6 Å². The van der Waals surface area contributed by atoms with E-state index in [0.717, 1.165) is 6.42 Å². The number of hydrogen-bond acceptors (Lipinski definition) is 3. The Kier molecular flexibility index (Phi) is 3.15. The zero-order valence-electron chi connectivity index (χ0n) is 10.3. The minimum Gasteiger partial charge on any atom is -0.497 e. The highest BCUT2D eigenvalue weighted by Crippen LogP contribution is 2.47. The number of carboxylic acid groups (broad SMARTS) is 1. The summed E-state index contributed by atoms with van der Waals surface area (Å²) in [6.07, 6.45) is 1.66. The maximum absolute atomic E-state index is 14.2. The number of ether oxygens (including phenoxy) is 2. The molecule has 0 saturated heterocycles. The molecule has 0 aliphatic heterocycles. The molecule has 0 spiro atoms. The summed E-state index contributed by atoms with van der Waals surface area (Å²) in [7, 11) is 2.79. The largest absolute Gasteiger partial charge is 0.497 e. The quantitative estimate of drug-likeness (QED) is 0.896. The Labute approximate surface area is 104 Å². The molecular weight excluding hydrogens is 239 g/mol. The Morgan fingerprint density at radius 3 is 2.39 bits per heavy atom. The van der Waals surface area contributed by atoms with Gasteiger partial charge in [0.25, 0.3) is 0 Å². The van der Waals surface area contributed by atoms with Crippen molar-refractivity contribution in [3.05, 3.63) is 23.5 Å². The normalized spacial score (nSPS) is 16.8. The Morgan fingerprint density at radius 2 is 2.00 bits per heavy atom. The molecule has 2 rings (SSSR count). The monoisotopic (exact) mass is 254 g/mol. The third-order valence-corrected chi connectivity index (χ3v) is 3.60. The highest BCUT2D eigenvalue weighted by atomic mass is 19.1. The van der Waals surface area contributed by atoms with Crippen LogP contribution in [0.1, 0.15) is 24.8 Å². The summed E-state index contributed by atoms with van der Waals surface area (Å²) in [6.45, 7) is 0. The molecule has 1 fully saturated rings. The molecule has 1 aliphatic rings. The summed E-state index contributed by atoms with van der Waals surface area (Å²) in [6, 6.07) is 2.86. The van der Waals surface area contributed by atoms with Crippen LogP contribution in [0.5, 0.6) is 11.5 Å². The second-order valence-corrected chi connectivity index (χ2v) is 4.43. The molecule has 1 saturated carbocycles. The number of carboxylic acids is 1. The molecule has 1 aromatic rings. The summed E-state index contributed by atoms with van der Waals surface area (Å²) in [5.74, 6) is -1.20. The van der Waals surface area contributed by atoms with Gasteiger partial charge in [0.2, 0.25) is 0 Å². The molecular formula is C13H15FO4. The van der Waals surface area contributed by atoms with E-state index < -0.39 is 17.2 Å². The second kappa shape index (κ2) is 4.48. The van der Waals surface area contributed by atoms with Gasteiger partial charge >= 0.3 is 5.97 Å². The molecule has 0 heterocycles. The van der Waals surface area contributed by atoms with Gasteiger partial charge in [-0.1, -0.05) is 6.42 Å². The predicted molar refractivity (Wildman–Crippen MR) is 62.7 cm³/mol. The Bertz CT molecular complexity index is 480. The van der Waals surface area contributed by atoms with Gasteiger partial charge in [-0.2, -0.15) is 0 Å². The van der Waals surface area contributed by atoms with Crippen molar-refractivity contribution < 1.29 is 23.8 Å². The smallest absolute Gasteiger partial charge is 0.314 e. The van der Waals surface area contributed by atoms with E-state index in [9.17, 15) is 14.3 Å². The van der Waals surface area contributed by atoms with Gasteiger partial charge in [0.15, 0.2) is 11.6 Å². The lowest BCUT2D eigenvalue weighted by Gasteiger charge is -2.38. The SMILES string of the molecule is COc1cc(OC)c(F)c(C2(C(=O)O)CCC2)c1. The first-order chi connectivity index (χ1) is 8.55. The number of methoxy groups -OCH3 is 2. The van der Waals surface area contributed by atoms with Crippen molar-refractivity contribution in [1.29, 1.82) is 0 Å². The second-order valence-electron chi connectivity index (χ2n) is 4.43. The van der Waals surface area contributed by atoms with Gasteiger partial charge in [0, 0.05) is 11.6 Å². The van der Waals surface area contributed by atoms with Crippen LogP contribution in [0.3, 0.4) is 0 Å². The highest BCUT2D eigenvalue weighted by Gasteiger charge is 2.48. The van der Waals surface area contributed by atoms with Gasteiger partial charge in [-0.15, -0.1) is 0 Å². The van der Waals surface area contributed by atoms with E-state index >= 15 is 0 Å². The molecule has 0 atom stereocenters. The average Bonchev–Trinajstić information content (AvgIpc) is 2.29. The summed E-state index contributed by atoms with van der Waals surface area (Å²) >= 11 is 0. The molecule has 1 aliphatic carbocycles. The van der Waals surface area contributed by atoms with Gasteiger partial charge in [-0.05, 0) is 18.9 Å². The molecule has 5 heteroatoms. The molecule has 4 nitrogen and oxygen atoms in total. The third-order valence-electron chi connectivity index (χ3n) is 3.60. The van der Waals surface area contributed by atoms with Gasteiger partial charge in [-0.25, -0.2) is 4.39 Å². The van der Waals surface area contributed by atoms with Crippen LogP contribution in [0.15, 0.2) is 12.1 Å². The number of halogens is 1. The molecule has 1 N–H and O–H groups in total. The van der Waals surface area contributed by atoms with Gasteiger partial charge in [-0.3, -0.25) is 4.79 Å². The molecule has 0 radical (unpaired) electrons. The molecule has 0 amide bonds. The predicted octanol–water partition coefficient (Wildman–Crippen LogP) is 2.35. The van der Waals surface area contributed by atoms with Crippen molar-refractivity contribution in [3.8, 4) is 11.5 Å². The number of aliphatic carboxylic acids is 1. The zero-order valence-corrected chi connectivity index (χ0v) is 10.3. The van der Waals surface area contributed by atoms with E-state index in [-0.39, 0.29) is 11.3 Å². The summed E-state index contributed by atoms with van der Waals surface area (Å²) in [4.78, 5) is 11.4. The molecule has 18 heavy (non-hydrogen) atoms. The Morgan fingerprint density at radius 1 is 1.33 bits per heavy atom. The van der Waals surface area contributed by atoms with Crippen molar-refractivity contribution in [2.75, 3.05) is 14.2 Å². The lowest BCUT2D eigenvalue weighted by molar-refractivity contribution is -0.147. The van der Waals surface area contributed by atoms with Crippen LogP contribution >= 0.6 is 0 Å². The highest BCUT2D eigenvalue weighted by molar-refractivity contribution is 5.83. The van der Waals surface area contributed by atoms with E-state index in [1.165, 1.54) is 26.4 Å². The zero-order chi connectivity index (χ0) is 13.3. The van der Waals surface area contributed by atoms with Crippen molar-refractivity contribution in [3.63, 3.8) is 0 Å².